The third kappa shape index (κ3) is 2.50. The quantitative estimate of drug-likeness (QED) is 0.896. The third-order valence-electron chi connectivity index (χ3n) is 1.98. The summed E-state index contributed by atoms with van der Waals surface area (Å²) in [4.78, 5) is 17.4. The maximum atomic E-state index is 12.9. The third-order valence-corrected chi connectivity index (χ3v) is 2.71. The molecular weight excluding hydrogens is 296 g/mol. The Labute approximate surface area is 103 Å². The summed E-state index contributed by atoms with van der Waals surface area (Å²) in [5.41, 5.74) is -0.0761. The first-order chi connectivity index (χ1) is 8.08. The first kappa shape index (κ1) is 11.7. The van der Waals surface area contributed by atoms with E-state index < -0.39 is 11.6 Å². The largest absolute Gasteiger partial charge is 0.339 e. The minimum atomic E-state index is -0.976. The van der Waals surface area contributed by atoms with Crippen LogP contribution in [0.15, 0.2) is 33.8 Å². The lowest BCUT2D eigenvalue weighted by molar-refractivity contribution is 0.509. The Hall–Kier alpha value is -1.76. The molecule has 0 bridgehead atoms. The number of halogens is 3. The second kappa shape index (κ2) is 4.62. The summed E-state index contributed by atoms with van der Waals surface area (Å²) in [5, 5.41) is 2.70. The van der Waals surface area contributed by atoms with E-state index in [0.717, 1.165) is 12.1 Å². The van der Waals surface area contributed by atoms with E-state index in [9.17, 15) is 13.6 Å². The fraction of sp³-hybridized carbons (Fsp3) is 0. The summed E-state index contributed by atoms with van der Waals surface area (Å²) in [6.45, 7) is 0. The number of H-pyrrole nitrogens is 1. The van der Waals surface area contributed by atoms with E-state index in [0.29, 0.717) is 5.69 Å². The fourth-order valence-electron chi connectivity index (χ4n) is 1.18. The molecule has 4 nitrogen and oxygen atoms in total. The average molecular weight is 302 g/mol. The van der Waals surface area contributed by atoms with Crippen LogP contribution >= 0.6 is 15.9 Å². The van der Waals surface area contributed by atoms with Crippen LogP contribution in [0.25, 0.3) is 0 Å². The zero-order chi connectivity index (χ0) is 12.4. The molecule has 0 amide bonds. The minimum absolute atomic E-state index is 0.185. The predicted octanol–water partition coefficient (Wildman–Crippen LogP) is 2.55. The van der Waals surface area contributed by atoms with Crippen LogP contribution in [0.3, 0.4) is 0 Å². The van der Waals surface area contributed by atoms with Gasteiger partial charge >= 0.3 is 0 Å². The van der Waals surface area contributed by atoms with Crippen LogP contribution in [0.5, 0.6) is 0 Å². The highest BCUT2D eigenvalue weighted by molar-refractivity contribution is 9.10. The number of benzene rings is 1. The van der Waals surface area contributed by atoms with Gasteiger partial charge in [0.15, 0.2) is 17.5 Å². The maximum absolute atomic E-state index is 12.9. The molecule has 2 N–H and O–H groups in total. The van der Waals surface area contributed by atoms with Crippen LogP contribution in [0.2, 0.25) is 0 Å². The molecule has 0 aliphatic rings. The number of hydrogen-bond donors (Lipinski definition) is 2. The molecule has 1 aromatic heterocycles. The van der Waals surface area contributed by atoms with E-state index in [1.165, 1.54) is 12.4 Å². The monoisotopic (exact) mass is 301 g/mol. The van der Waals surface area contributed by atoms with Crippen LogP contribution in [0.4, 0.5) is 20.3 Å². The average Bonchev–Trinajstić information content (AvgIpc) is 2.30. The van der Waals surface area contributed by atoms with Crippen LogP contribution in [0.1, 0.15) is 0 Å². The van der Waals surface area contributed by atoms with Gasteiger partial charge in [-0.15, -0.1) is 0 Å². The molecule has 17 heavy (non-hydrogen) atoms. The predicted molar refractivity (Wildman–Crippen MR) is 62.2 cm³/mol. The lowest BCUT2D eigenvalue weighted by atomic mass is 10.3. The highest BCUT2D eigenvalue weighted by atomic mass is 79.9. The molecule has 0 saturated heterocycles. The van der Waals surface area contributed by atoms with Crippen LogP contribution in [0, 0.1) is 11.6 Å². The Morgan fingerprint density at radius 3 is 2.76 bits per heavy atom. The van der Waals surface area contributed by atoms with Gasteiger partial charge in [0, 0.05) is 11.8 Å². The summed E-state index contributed by atoms with van der Waals surface area (Å²) >= 11 is 3.03. The van der Waals surface area contributed by atoms with Crippen LogP contribution in [-0.2, 0) is 0 Å². The normalized spacial score (nSPS) is 10.3. The second-order valence-electron chi connectivity index (χ2n) is 3.15. The van der Waals surface area contributed by atoms with Gasteiger partial charge in [0.05, 0.1) is 6.33 Å². The van der Waals surface area contributed by atoms with Crippen molar-refractivity contribution in [3.05, 3.63) is 51.0 Å². The van der Waals surface area contributed by atoms with Gasteiger partial charge in [0.25, 0.3) is 5.56 Å². The molecular formula is C10H6BrF2N3O. The standard InChI is InChI=1S/C10H6BrF2N3O/c11-8-9(14-4-15-10(8)17)16-5-1-2-6(12)7(13)3-5/h1-4H,(H2,14,15,16,17). The summed E-state index contributed by atoms with van der Waals surface area (Å²) in [5.74, 6) is -1.69. The van der Waals surface area contributed by atoms with Crippen molar-refractivity contribution >= 4 is 27.4 Å². The highest BCUT2D eigenvalue weighted by Crippen LogP contribution is 2.21. The van der Waals surface area contributed by atoms with Crippen molar-refractivity contribution in [2.24, 2.45) is 0 Å². The molecule has 2 aromatic rings. The first-order valence-electron chi connectivity index (χ1n) is 4.53. The SMILES string of the molecule is O=c1[nH]cnc(Nc2ccc(F)c(F)c2)c1Br. The molecule has 2 rings (SSSR count). The van der Waals surface area contributed by atoms with E-state index in [1.54, 1.807) is 0 Å². The fourth-order valence-corrected chi connectivity index (χ4v) is 1.50. The van der Waals surface area contributed by atoms with Gasteiger partial charge in [-0.1, -0.05) is 0 Å². The van der Waals surface area contributed by atoms with Crippen molar-refractivity contribution in [3.8, 4) is 0 Å². The Bertz CT molecular complexity index is 615. The molecule has 0 unspecified atom stereocenters. The topological polar surface area (TPSA) is 57.8 Å². The Kier molecular flexibility index (Phi) is 3.19. The van der Waals surface area contributed by atoms with Crippen molar-refractivity contribution in [1.82, 2.24) is 9.97 Å². The zero-order valence-corrected chi connectivity index (χ0v) is 9.88. The molecule has 0 saturated carbocycles. The molecule has 0 radical (unpaired) electrons. The number of anilines is 2. The molecule has 0 aliphatic heterocycles. The van der Waals surface area contributed by atoms with Gasteiger partial charge in [0.1, 0.15) is 4.47 Å². The van der Waals surface area contributed by atoms with Crippen molar-refractivity contribution < 1.29 is 8.78 Å². The summed E-state index contributed by atoms with van der Waals surface area (Å²) in [6, 6.07) is 3.30. The lowest BCUT2D eigenvalue weighted by Crippen LogP contribution is -2.10. The van der Waals surface area contributed by atoms with E-state index in [1.807, 2.05) is 0 Å². The summed E-state index contributed by atoms with van der Waals surface area (Å²) < 4.78 is 25.8. The number of nitrogens with one attached hydrogen (secondary N) is 2. The summed E-state index contributed by atoms with van der Waals surface area (Å²) in [7, 11) is 0. The number of nitrogens with zero attached hydrogens (tertiary/aromatic N) is 1. The minimum Gasteiger partial charge on any atom is -0.339 e. The molecule has 1 aromatic carbocycles. The Morgan fingerprint density at radius 1 is 1.29 bits per heavy atom. The number of hydrogen-bond acceptors (Lipinski definition) is 3. The zero-order valence-electron chi connectivity index (χ0n) is 8.30. The maximum Gasteiger partial charge on any atom is 0.267 e. The van der Waals surface area contributed by atoms with Gasteiger partial charge < -0.3 is 10.3 Å². The van der Waals surface area contributed by atoms with Gasteiger partial charge in [-0.2, -0.15) is 0 Å². The van der Waals surface area contributed by atoms with Crippen LogP contribution < -0.4 is 10.9 Å². The first-order valence-corrected chi connectivity index (χ1v) is 5.32. The molecule has 0 spiro atoms. The smallest absolute Gasteiger partial charge is 0.267 e. The molecule has 1 heterocycles. The molecule has 0 atom stereocenters. The molecule has 88 valence electrons. The number of aromatic nitrogens is 2. The summed E-state index contributed by atoms with van der Waals surface area (Å²) in [6.07, 6.45) is 1.20. The van der Waals surface area contributed by atoms with Crippen LogP contribution in [-0.4, -0.2) is 9.97 Å². The van der Waals surface area contributed by atoms with Crippen molar-refractivity contribution in [2.75, 3.05) is 5.32 Å². The number of aromatic amines is 1. The van der Waals surface area contributed by atoms with E-state index >= 15 is 0 Å². The lowest BCUT2D eigenvalue weighted by Gasteiger charge is -2.06. The van der Waals surface area contributed by atoms with Crippen molar-refractivity contribution in [1.29, 1.82) is 0 Å². The van der Waals surface area contributed by atoms with E-state index in [2.05, 4.69) is 31.2 Å². The second-order valence-corrected chi connectivity index (χ2v) is 3.94. The Morgan fingerprint density at radius 2 is 2.06 bits per heavy atom. The highest BCUT2D eigenvalue weighted by Gasteiger charge is 2.07. The van der Waals surface area contributed by atoms with Crippen molar-refractivity contribution in [3.63, 3.8) is 0 Å². The van der Waals surface area contributed by atoms with Gasteiger partial charge in [0.2, 0.25) is 0 Å². The van der Waals surface area contributed by atoms with Crippen molar-refractivity contribution in [2.45, 2.75) is 0 Å². The van der Waals surface area contributed by atoms with Gasteiger partial charge in [-0.25, -0.2) is 13.8 Å². The van der Waals surface area contributed by atoms with Gasteiger partial charge in [-0.05, 0) is 28.1 Å². The van der Waals surface area contributed by atoms with E-state index in [4.69, 9.17) is 0 Å². The van der Waals surface area contributed by atoms with E-state index in [-0.39, 0.29) is 15.8 Å². The molecule has 0 aliphatic carbocycles. The Balaban J connectivity index is 2.35. The number of rotatable bonds is 2. The molecule has 7 heteroatoms. The van der Waals surface area contributed by atoms with Gasteiger partial charge in [-0.3, -0.25) is 4.79 Å². The molecule has 0 fully saturated rings.